The zero-order chi connectivity index (χ0) is 22.1. The number of aliphatic hydroxyl groups is 2. The molecule has 3 aromatic rings. The van der Waals surface area contributed by atoms with E-state index in [1.807, 2.05) is 0 Å². The monoisotopic (exact) mass is 453 g/mol. The summed E-state index contributed by atoms with van der Waals surface area (Å²) in [5, 5.41) is 23.2. The Morgan fingerprint density at radius 2 is 2.13 bits per heavy atom. The highest BCUT2D eigenvalue weighted by molar-refractivity contribution is 7.35. The van der Waals surface area contributed by atoms with Crippen LogP contribution >= 0.6 is 8.18 Å². The molecule has 1 aromatic carbocycles. The third-order valence-corrected chi connectivity index (χ3v) is 5.19. The fraction of sp³-hybridized carbons (Fsp3) is 0.353. The summed E-state index contributed by atoms with van der Waals surface area (Å²) >= 11 is 0. The molecule has 5 atom stereocenters. The molecular formula is C17H19FN6O6P+. The minimum Gasteiger partial charge on any atom is -0.491 e. The number of aromatic nitrogens is 4. The van der Waals surface area contributed by atoms with Gasteiger partial charge < -0.3 is 25.4 Å². The number of hydrogen-bond donors (Lipinski definition) is 5. The minimum absolute atomic E-state index is 0.0187. The first-order valence-corrected chi connectivity index (χ1v) is 10.3. The summed E-state index contributed by atoms with van der Waals surface area (Å²) in [6.45, 7) is 0.0689. The van der Waals surface area contributed by atoms with Crippen LogP contribution in [0.5, 0.6) is 5.75 Å². The maximum atomic E-state index is 13.6. The molecule has 1 aliphatic heterocycles. The number of anilines is 1. The molecule has 12 nitrogen and oxygen atoms in total. The number of halogens is 1. The zero-order valence-corrected chi connectivity index (χ0v) is 16.8. The number of nitrogens with one attached hydrogen (secondary N) is 1. The Kier molecular flexibility index (Phi) is 6.05. The summed E-state index contributed by atoms with van der Waals surface area (Å²) in [4.78, 5) is 19.9. The molecular weight excluding hydrogens is 434 g/mol. The van der Waals surface area contributed by atoms with Crippen LogP contribution in [-0.4, -0.2) is 59.5 Å². The Balaban J connectivity index is 1.46. The molecule has 3 heterocycles. The molecule has 4 rings (SSSR count). The smallest absolute Gasteiger partial charge is 0.491 e. The van der Waals surface area contributed by atoms with E-state index in [0.717, 1.165) is 0 Å². The first-order valence-electron chi connectivity index (χ1n) is 9.12. The summed E-state index contributed by atoms with van der Waals surface area (Å²) in [5.41, 5.74) is 6.52. The second-order valence-electron chi connectivity index (χ2n) is 6.81. The van der Waals surface area contributed by atoms with Crippen LogP contribution in [0, 0.1) is 6.08 Å². The van der Waals surface area contributed by atoms with Crippen molar-refractivity contribution in [2.45, 2.75) is 31.1 Å². The lowest BCUT2D eigenvalue weighted by atomic mass is 10.1. The predicted molar refractivity (Wildman–Crippen MR) is 104 cm³/mol. The molecule has 0 aliphatic carbocycles. The van der Waals surface area contributed by atoms with E-state index in [0.29, 0.717) is 11.3 Å². The first-order chi connectivity index (χ1) is 14.8. The fourth-order valence-corrected chi connectivity index (χ4v) is 3.59. The number of nitrogen functional groups attached to an aromatic ring is 1. The number of aliphatic hydroxyl groups excluding tert-OH is 2. The standard InChI is InChI=1S/C17H18FN6O6P/c18-17-22-14(19)11-15(23-17)24(7-20-11)16-13(26)12(25)10(30-16)6-29-9-3-1-2-8(4-9)5-21-31(27)28/h1-4,7,10,12-13,16,25-26H,5-6H2,(H3-,19,21,22,23,27,28)/p+1/t10?,12?,13-,16+/m0/s1. The van der Waals surface area contributed by atoms with Gasteiger partial charge in [0.25, 0.3) is 0 Å². The highest BCUT2D eigenvalue weighted by Crippen LogP contribution is 2.32. The summed E-state index contributed by atoms with van der Waals surface area (Å²) in [5.74, 6) is 0.283. The van der Waals surface area contributed by atoms with Gasteiger partial charge in [0.05, 0.1) is 12.9 Å². The second-order valence-corrected chi connectivity index (χ2v) is 7.68. The summed E-state index contributed by atoms with van der Waals surface area (Å²) < 4.78 is 37.0. The molecule has 0 spiro atoms. The Bertz CT molecular complexity index is 1120. The molecule has 1 saturated heterocycles. The summed E-state index contributed by atoms with van der Waals surface area (Å²) in [7, 11) is -2.47. The molecule has 0 saturated carbocycles. The molecule has 0 amide bonds. The largest absolute Gasteiger partial charge is 0.610 e. The minimum atomic E-state index is -2.47. The number of benzene rings is 1. The summed E-state index contributed by atoms with van der Waals surface area (Å²) in [6.07, 6.45) is -4.45. The van der Waals surface area contributed by atoms with Gasteiger partial charge in [-0.25, -0.2) is 4.98 Å². The van der Waals surface area contributed by atoms with E-state index in [1.54, 1.807) is 24.3 Å². The van der Waals surface area contributed by atoms with Crippen molar-refractivity contribution in [3.63, 3.8) is 0 Å². The summed E-state index contributed by atoms with van der Waals surface area (Å²) in [6, 6.07) is 6.78. The van der Waals surface area contributed by atoms with E-state index in [2.05, 4.69) is 20.0 Å². The van der Waals surface area contributed by atoms with Crippen molar-refractivity contribution in [1.29, 1.82) is 0 Å². The second kappa shape index (κ2) is 8.75. The van der Waals surface area contributed by atoms with Crippen molar-refractivity contribution in [3.8, 4) is 5.75 Å². The average Bonchev–Trinajstić information content (AvgIpc) is 3.27. The maximum Gasteiger partial charge on any atom is 0.610 e. The highest BCUT2D eigenvalue weighted by Gasteiger charge is 2.44. The molecule has 0 bridgehead atoms. The van der Waals surface area contributed by atoms with E-state index in [9.17, 15) is 19.2 Å². The van der Waals surface area contributed by atoms with Gasteiger partial charge in [0.15, 0.2) is 23.2 Å². The fourth-order valence-electron chi connectivity index (χ4n) is 3.28. The lowest BCUT2D eigenvalue weighted by Gasteiger charge is -2.16. The van der Waals surface area contributed by atoms with Gasteiger partial charge in [-0.15, -0.1) is 4.89 Å². The van der Waals surface area contributed by atoms with Gasteiger partial charge in [0, 0.05) is 0 Å². The Morgan fingerprint density at radius 3 is 2.90 bits per heavy atom. The molecule has 14 heteroatoms. The first kappa shape index (κ1) is 21.4. The Labute approximate surface area is 175 Å². The van der Waals surface area contributed by atoms with Crippen molar-refractivity contribution in [2.24, 2.45) is 0 Å². The molecule has 6 N–H and O–H groups in total. The van der Waals surface area contributed by atoms with Crippen LogP contribution in [0.1, 0.15) is 11.8 Å². The number of rotatable bonds is 7. The van der Waals surface area contributed by atoms with Gasteiger partial charge in [-0.1, -0.05) is 17.2 Å². The number of fused-ring (bicyclic) bond motifs is 1. The van der Waals surface area contributed by atoms with E-state index in [1.165, 1.54) is 10.9 Å². The maximum absolute atomic E-state index is 13.6. The average molecular weight is 453 g/mol. The number of nitrogens with zero attached hydrogens (tertiary/aromatic N) is 4. The SMILES string of the molecule is Nc1nc(F)nc2c1ncn2[C@@H]1OC(COc2cccc(CN[P+](=O)O)c2)C(O)[C@@H]1O. The number of nitrogens with two attached hydrogens (primary N) is 1. The zero-order valence-electron chi connectivity index (χ0n) is 15.9. The molecule has 1 fully saturated rings. The molecule has 31 heavy (non-hydrogen) atoms. The van der Waals surface area contributed by atoms with Crippen molar-refractivity contribution in [1.82, 2.24) is 24.6 Å². The lowest BCUT2D eigenvalue weighted by Crippen LogP contribution is -2.34. The van der Waals surface area contributed by atoms with E-state index in [4.69, 9.17) is 20.1 Å². The van der Waals surface area contributed by atoms with Crippen LogP contribution in [-0.2, 0) is 15.8 Å². The van der Waals surface area contributed by atoms with Crippen LogP contribution in [0.25, 0.3) is 11.2 Å². The number of ether oxygens (including phenoxy) is 2. The Morgan fingerprint density at radius 1 is 1.32 bits per heavy atom. The van der Waals surface area contributed by atoms with E-state index >= 15 is 0 Å². The number of hydrogen-bond acceptors (Lipinski definition) is 9. The van der Waals surface area contributed by atoms with Crippen LogP contribution in [0.15, 0.2) is 30.6 Å². The van der Waals surface area contributed by atoms with Crippen molar-refractivity contribution < 1.29 is 33.5 Å². The van der Waals surface area contributed by atoms with E-state index in [-0.39, 0.29) is 30.1 Å². The van der Waals surface area contributed by atoms with Gasteiger partial charge in [-0.2, -0.15) is 14.4 Å². The highest BCUT2D eigenvalue weighted by atomic mass is 31.1. The molecule has 0 radical (unpaired) electrons. The van der Waals surface area contributed by atoms with Gasteiger partial charge in [-0.05, 0) is 22.3 Å². The van der Waals surface area contributed by atoms with Crippen molar-refractivity contribution in [2.75, 3.05) is 12.3 Å². The third kappa shape index (κ3) is 4.46. The lowest BCUT2D eigenvalue weighted by molar-refractivity contribution is -0.0475. The van der Waals surface area contributed by atoms with Crippen molar-refractivity contribution >= 4 is 25.2 Å². The molecule has 2 aromatic heterocycles. The normalized spacial score (nSPS) is 23.9. The Hall–Kier alpha value is -2.80. The van der Waals surface area contributed by atoms with Crippen LogP contribution in [0.3, 0.4) is 0 Å². The number of imidazole rings is 1. The topological polar surface area (TPSA) is 178 Å². The van der Waals surface area contributed by atoms with Gasteiger partial charge in [-0.3, -0.25) is 4.57 Å². The quantitative estimate of drug-likeness (QED) is 0.240. The van der Waals surface area contributed by atoms with Crippen LogP contribution in [0.2, 0.25) is 0 Å². The van der Waals surface area contributed by atoms with Gasteiger partial charge >= 0.3 is 14.3 Å². The van der Waals surface area contributed by atoms with Gasteiger partial charge in [0.2, 0.25) is 0 Å². The predicted octanol–water partition coefficient (Wildman–Crippen LogP) is -0.0149. The van der Waals surface area contributed by atoms with Crippen LogP contribution < -0.4 is 15.6 Å². The van der Waals surface area contributed by atoms with Crippen LogP contribution in [0.4, 0.5) is 10.2 Å². The molecule has 164 valence electrons. The third-order valence-electron chi connectivity index (χ3n) is 4.76. The molecule has 3 unspecified atom stereocenters. The van der Waals surface area contributed by atoms with Crippen molar-refractivity contribution in [3.05, 3.63) is 42.2 Å². The molecule has 1 aliphatic rings. The van der Waals surface area contributed by atoms with Gasteiger partial charge in [0.1, 0.15) is 30.7 Å². The van der Waals surface area contributed by atoms with E-state index < -0.39 is 38.8 Å².